The van der Waals surface area contributed by atoms with E-state index in [0.717, 1.165) is 5.01 Å². The second-order valence-electron chi connectivity index (χ2n) is 6.87. The number of benzene rings is 2. The molecule has 0 aliphatic rings. The van der Waals surface area contributed by atoms with Crippen LogP contribution in [0.1, 0.15) is 16.3 Å². The molecule has 0 saturated carbocycles. The summed E-state index contributed by atoms with van der Waals surface area (Å²) in [5.41, 5.74) is 1.25. The van der Waals surface area contributed by atoms with Gasteiger partial charge in [-0.15, -0.1) is 0 Å². The van der Waals surface area contributed by atoms with Crippen molar-refractivity contribution in [3.05, 3.63) is 91.8 Å². The molecule has 0 bridgehead atoms. The topological polar surface area (TPSA) is 109 Å². The molecule has 164 valence electrons. The zero-order chi connectivity index (χ0) is 23.4. The Morgan fingerprint density at radius 3 is 2.79 bits per heavy atom. The van der Waals surface area contributed by atoms with Gasteiger partial charge in [0.15, 0.2) is 0 Å². The predicted octanol–water partition coefficient (Wildman–Crippen LogP) is 4.24. The second-order valence-corrected chi connectivity index (χ2v) is 8.44. The number of rotatable bonds is 6. The van der Waals surface area contributed by atoms with Crippen molar-refractivity contribution in [2.75, 3.05) is 5.32 Å². The summed E-state index contributed by atoms with van der Waals surface area (Å²) in [6, 6.07) is 17.0. The Bertz CT molecular complexity index is 1470. The van der Waals surface area contributed by atoms with Gasteiger partial charge >= 0.3 is 0 Å². The molecule has 4 rings (SSSR count). The minimum absolute atomic E-state index is 0.0422. The summed E-state index contributed by atoms with van der Waals surface area (Å²) in [5, 5.41) is 17.2. The van der Waals surface area contributed by atoms with Crippen molar-refractivity contribution >= 4 is 45.6 Å². The number of nitrogens with one attached hydrogen (secondary N) is 1. The molecule has 0 spiro atoms. The van der Waals surface area contributed by atoms with E-state index in [0.29, 0.717) is 27.7 Å². The van der Waals surface area contributed by atoms with Crippen molar-refractivity contribution < 1.29 is 9.53 Å². The number of hydrogen-bond donors (Lipinski definition) is 1. The van der Waals surface area contributed by atoms with Crippen LogP contribution in [0.15, 0.2) is 65.0 Å². The quantitative estimate of drug-likeness (QED) is 0.328. The van der Waals surface area contributed by atoms with Crippen molar-refractivity contribution in [2.24, 2.45) is 0 Å². The van der Waals surface area contributed by atoms with Crippen molar-refractivity contribution in [1.82, 2.24) is 14.6 Å². The Balaban J connectivity index is 1.48. The molecule has 0 radical (unpaired) electrons. The molecular formula is C23H16ClN5O3S. The number of hydrogen-bond acceptors (Lipinski definition) is 7. The number of para-hydroxylation sites is 1. The molecule has 2 aromatic carbocycles. The molecule has 1 amide bonds. The molecule has 0 unspecified atom stereocenters. The van der Waals surface area contributed by atoms with Crippen LogP contribution in [0.3, 0.4) is 0 Å². The van der Waals surface area contributed by atoms with Crippen LogP contribution in [0.5, 0.6) is 5.75 Å². The lowest BCUT2D eigenvalue weighted by Crippen LogP contribution is -2.16. The third kappa shape index (κ3) is 5.26. The Morgan fingerprint density at radius 1 is 1.27 bits per heavy atom. The lowest BCUT2D eigenvalue weighted by atomic mass is 10.1. The van der Waals surface area contributed by atoms with Gasteiger partial charge < -0.3 is 10.1 Å². The molecule has 2 aromatic heterocycles. The number of amides is 1. The molecule has 4 aromatic rings. The van der Waals surface area contributed by atoms with Crippen LogP contribution in [0.4, 0.5) is 5.69 Å². The Kier molecular flexibility index (Phi) is 6.49. The lowest BCUT2D eigenvalue weighted by molar-refractivity contribution is -0.112. The summed E-state index contributed by atoms with van der Waals surface area (Å²) >= 11 is 7.64. The fraction of sp³-hybridized carbons (Fsp3) is 0.0870. The average molecular weight is 478 g/mol. The molecule has 2 heterocycles. The summed E-state index contributed by atoms with van der Waals surface area (Å²) < 4.78 is 6.97. The van der Waals surface area contributed by atoms with Gasteiger partial charge in [0.25, 0.3) is 11.5 Å². The fourth-order valence-corrected chi connectivity index (χ4v) is 3.95. The van der Waals surface area contributed by atoms with Crippen molar-refractivity contribution in [2.45, 2.75) is 13.5 Å². The van der Waals surface area contributed by atoms with Gasteiger partial charge in [-0.1, -0.05) is 47.2 Å². The summed E-state index contributed by atoms with van der Waals surface area (Å²) in [4.78, 5) is 29.4. The summed E-state index contributed by atoms with van der Waals surface area (Å²) in [6.07, 6.45) is 1.44. The normalized spacial score (nSPS) is 11.2. The highest BCUT2D eigenvalue weighted by molar-refractivity contribution is 7.16. The first-order valence-electron chi connectivity index (χ1n) is 9.70. The SMILES string of the molecule is Cc1nn2c(=O)cc(COc3ccc(/C=C(\C#N)C(=O)Nc4ccccc4)cc3Cl)nc2s1. The Labute approximate surface area is 197 Å². The molecule has 33 heavy (non-hydrogen) atoms. The average Bonchev–Trinajstić information content (AvgIpc) is 3.18. The number of fused-ring (bicyclic) bond motifs is 1. The lowest BCUT2D eigenvalue weighted by Gasteiger charge is -2.09. The molecular weight excluding hydrogens is 462 g/mol. The minimum atomic E-state index is -0.522. The maximum Gasteiger partial charge on any atom is 0.275 e. The number of ether oxygens (including phenoxy) is 1. The van der Waals surface area contributed by atoms with E-state index < -0.39 is 5.91 Å². The van der Waals surface area contributed by atoms with E-state index >= 15 is 0 Å². The van der Waals surface area contributed by atoms with Gasteiger partial charge in [0.2, 0.25) is 4.96 Å². The largest absolute Gasteiger partial charge is 0.486 e. The van der Waals surface area contributed by atoms with Gasteiger partial charge in [0.05, 0.1) is 10.7 Å². The molecule has 8 nitrogen and oxygen atoms in total. The molecule has 10 heteroatoms. The maximum absolute atomic E-state index is 12.4. The van der Waals surface area contributed by atoms with E-state index in [1.165, 1.54) is 28.0 Å². The highest BCUT2D eigenvalue weighted by atomic mass is 35.5. The molecule has 0 saturated heterocycles. The monoisotopic (exact) mass is 477 g/mol. The number of halogens is 1. The van der Waals surface area contributed by atoms with Crippen molar-refractivity contribution in [3.8, 4) is 11.8 Å². The van der Waals surface area contributed by atoms with Crippen LogP contribution >= 0.6 is 22.9 Å². The third-order valence-electron chi connectivity index (χ3n) is 4.44. The van der Waals surface area contributed by atoms with Gasteiger partial charge in [0, 0.05) is 11.8 Å². The number of aryl methyl sites for hydroxylation is 1. The van der Waals surface area contributed by atoms with Crippen LogP contribution < -0.4 is 15.6 Å². The zero-order valence-electron chi connectivity index (χ0n) is 17.3. The van der Waals surface area contributed by atoms with Gasteiger partial charge in [-0.3, -0.25) is 9.59 Å². The third-order valence-corrected chi connectivity index (χ3v) is 5.56. The number of carbonyl (C=O) groups excluding carboxylic acids is 1. The van der Waals surface area contributed by atoms with Gasteiger partial charge in [-0.2, -0.15) is 14.9 Å². The van der Waals surface area contributed by atoms with Crippen LogP contribution in [-0.2, 0) is 11.4 Å². The van der Waals surface area contributed by atoms with E-state index in [-0.39, 0.29) is 22.8 Å². The van der Waals surface area contributed by atoms with Crippen LogP contribution in [-0.4, -0.2) is 20.5 Å². The smallest absolute Gasteiger partial charge is 0.275 e. The number of nitriles is 1. The molecule has 0 aliphatic heterocycles. The van der Waals surface area contributed by atoms with Crippen molar-refractivity contribution in [1.29, 1.82) is 5.26 Å². The van der Waals surface area contributed by atoms with Gasteiger partial charge in [-0.05, 0) is 42.8 Å². The molecule has 1 N–H and O–H groups in total. The minimum Gasteiger partial charge on any atom is -0.486 e. The summed E-state index contributed by atoms with van der Waals surface area (Å²) in [5.74, 6) is -0.144. The number of nitrogens with zero attached hydrogens (tertiary/aromatic N) is 4. The number of anilines is 1. The zero-order valence-corrected chi connectivity index (χ0v) is 18.9. The first-order chi connectivity index (χ1) is 15.9. The number of aromatic nitrogens is 3. The predicted molar refractivity (Wildman–Crippen MR) is 126 cm³/mol. The Hall–Kier alpha value is -4.00. The van der Waals surface area contributed by atoms with E-state index in [9.17, 15) is 14.9 Å². The van der Waals surface area contributed by atoms with Crippen LogP contribution in [0.2, 0.25) is 5.02 Å². The first-order valence-corrected chi connectivity index (χ1v) is 10.9. The first kappa shape index (κ1) is 22.2. The van der Waals surface area contributed by atoms with Gasteiger partial charge in [-0.25, -0.2) is 4.98 Å². The van der Waals surface area contributed by atoms with E-state index in [1.54, 1.807) is 49.4 Å². The van der Waals surface area contributed by atoms with E-state index in [2.05, 4.69) is 15.4 Å². The van der Waals surface area contributed by atoms with E-state index in [4.69, 9.17) is 16.3 Å². The Morgan fingerprint density at radius 2 is 2.06 bits per heavy atom. The fourth-order valence-electron chi connectivity index (χ4n) is 2.94. The van der Waals surface area contributed by atoms with Crippen LogP contribution in [0.25, 0.3) is 11.0 Å². The summed E-state index contributed by atoms with van der Waals surface area (Å²) in [7, 11) is 0. The number of carbonyl (C=O) groups is 1. The molecule has 0 aliphatic carbocycles. The second kappa shape index (κ2) is 9.65. The standard InChI is InChI=1S/C23H16ClN5O3S/c1-14-28-29-21(30)11-18(27-23(29)33-14)13-32-20-8-7-15(10-19(20)24)9-16(12-25)22(31)26-17-5-3-2-4-6-17/h2-11H,13H2,1H3,(H,26,31)/b16-9+. The highest BCUT2D eigenvalue weighted by Gasteiger charge is 2.12. The van der Waals surface area contributed by atoms with Crippen molar-refractivity contribution in [3.63, 3.8) is 0 Å². The maximum atomic E-state index is 12.4. The molecule has 0 atom stereocenters. The van der Waals surface area contributed by atoms with Crippen LogP contribution in [0, 0.1) is 18.3 Å². The highest BCUT2D eigenvalue weighted by Crippen LogP contribution is 2.27. The molecule has 0 fully saturated rings. The van der Waals surface area contributed by atoms with Gasteiger partial charge in [0.1, 0.15) is 29.0 Å². The summed E-state index contributed by atoms with van der Waals surface area (Å²) in [6.45, 7) is 1.84. The van der Waals surface area contributed by atoms with E-state index in [1.807, 2.05) is 12.1 Å².